The number of rotatable bonds is 0. The summed E-state index contributed by atoms with van der Waals surface area (Å²) in [6, 6.07) is 1.77. The lowest BCUT2D eigenvalue weighted by atomic mass is 10.3. The van der Waals surface area contributed by atoms with Gasteiger partial charge < -0.3 is 0 Å². The average molecular weight is 222 g/mol. The third-order valence-corrected chi connectivity index (χ3v) is 1.62. The van der Waals surface area contributed by atoms with Crippen LogP contribution in [0.5, 0.6) is 0 Å². The molecule has 1 aromatic heterocycles. The van der Waals surface area contributed by atoms with Gasteiger partial charge in [-0.3, -0.25) is 0 Å². The van der Waals surface area contributed by atoms with Gasteiger partial charge in [-0.25, -0.2) is 4.98 Å². The molecule has 13 heavy (non-hydrogen) atoms. The van der Waals surface area contributed by atoms with Crippen molar-refractivity contribution < 1.29 is 0 Å². The minimum atomic E-state index is 0.363. The first-order chi connectivity index (χ1) is 6.20. The first-order valence-corrected chi connectivity index (χ1v) is 5.23. The molecular weight excluding hydrogens is 205 g/mol. The van der Waals surface area contributed by atoms with Crippen molar-refractivity contribution >= 4 is 23.2 Å². The smallest absolute Gasteiger partial charge is 0.147 e. The van der Waals surface area contributed by atoms with Crippen molar-refractivity contribution in [3.63, 3.8) is 0 Å². The number of halogens is 2. The lowest BCUT2D eigenvalue weighted by Gasteiger charge is -1.93. The Kier molecular flexibility index (Phi) is 11.5. The zero-order valence-corrected chi connectivity index (χ0v) is 10.4. The first kappa shape index (κ1) is 15.2. The molecule has 0 N–H and O–H groups in total. The minimum absolute atomic E-state index is 0.363. The van der Waals surface area contributed by atoms with Gasteiger partial charge in [-0.05, 0) is 18.6 Å². The summed E-state index contributed by atoms with van der Waals surface area (Å²) in [7, 11) is 0. The standard InChI is InChI=1S/C6H5Cl2N.2C2H6/c1-4-2-5(7)6(8)9-3-4;2*1-2/h2-3H,1H3;2*1-2H3. The zero-order valence-electron chi connectivity index (χ0n) is 8.86. The second-order valence-corrected chi connectivity index (χ2v) is 2.55. The van der Waals surface area contributed by atoms with Crippen LogP contribution in [-0.4, -0.2) is 4.98 Å². The molecule has 0 radical (unpaired) electrons. The Balaban J connectivity index is 0. The molecule has 0 fully saturated rings. The van der Waals surface area contributed by atoms with E-state index in [2.05, 4.69) is 4.98 Å². The van der Waals surface area contributed by atoms with E-state index in [0.717, 1.165) is 5.56 Å². The molecule has 1 aromatic rings. The number of aromatic nitrogens is 1. The van der Waals surface area contributed by atoms with Crippen LogP contribution in [0, 0.1) is 6.92 Å². The number of hydrogen-bond donors (Lipinski definition) is 0. The normalized spacial score (nSPS) is 7.62. The molecule has 0 aliphatic rings. The highest BCUT2D eigenvalue weighted by Gasteiger charge is 1.95. The lowest BCUT2D eigenvalue weighted by molar-refractivity contribution is 1.27. The highest BCUT2D eigenvalue weighted by Crippen LogP contribution is 2.18. The molecule has 1 nitrogen and oxygen atoms in total. The third-order valence-electron chi connectivity index (χ3n) is 0.933. The van der Waals surface area contributed by atoms with Crippen LogP contribution in [0.2, 0.25) is 10.2 Å². The van der Waals surface area contributed by atoms with Crippen molar-refractivity contribution in [3.8, 4) is 0 Å². The predicted molar refractivity (Wildman–Crippen MR) is 61.7 cm³/mol. The molecule has 0 saturated carbocycles. The molecule has 0 aromatic carbocycles. The van der Waals surface area contributed by atoms with Crippen LogP contribution in [0.3, 0.4) is 0 Å². The van der Waals surface area contributed by atoms with Gasteiger partial charge in [0.2, 0.25) is 0 Å². The van der Waals surface area contributed by atoms with Crippen LogP contribution < -0.4 is 0 Å². The maximum atomic E-state index is 5.62. The summed E-state index contributed by atoms with van der Waals surface area (Å²) in [5.41, 5.74) is 1.02. The van der Waals surface area contributed by atoms with E-state index in [1.165, 1.54) is 0 Å². The van der Waals surface area contributed by atoms with Gasteiger partial charge in [0.1, 0.15) is 5.15 Å². The van der Waals surface area contributed by atoms with Crippen molar-refractivity contribution in [1.29, 1.82) is 0 Å². The molecular formula is C10H17Cl2N. The number of pyridine rings is 1. The monoisotopic (exact) mass is 221 g/mol. The van der Waals surface area contributed by atoms with Crippen LogP contribution in [0.25, 0.3) is 0 Å². The van der Waals surface area contributed by atoms with Gasteiger partial charge in [-0.1, -0.05) is 50.9 Å². The second-order valence-electron chi connectivity index (χ2n) is 1.79. The Morgan fingerprint density at radius 2 is 1.54 bits per heavy atom. The van der Waals surface area contributed by atoms with Crippen LogP contribution in [-0.2, 0) is 0 Å². The number of hydrogen-bond acceptors (Lipinski definition) is 1. The molecule has 0 aliphatic heterocycles. The van der Waals surface area contributed by atoms with Gasteiger partial charge in [0.05, 0.1) is 5.02 Å². The van der Waals surface area contributed by atoms with E-state index in [1.54, 1.807) is 12.3 Å². The fraction of sp³-hybridized carbons (Fsp3) is 0.500. The summed E-state index contributed by atoms with van der Waals surface area (Å²) in [4.78, 5) is 3.81. The summed E-state index contributed by atoms with van der Waals surface area (Å²) >= 11 is 11.2. The maximum absolute atomic E-state index is 5.62. The van der Waals surface area contributed by atoms with Gasteiger partial charge in [-0.2, -0.15) is 0 Å². The van der Waals surface area contributed by atoms with E-state index in [-0.39, 0.29) is 0 Å². The molecule has 0 amide bonds. The maximum Gasteiger partial charge on any atom is 0.147 e. The van der Waals surface area contributed by atoms with Gasteiger partial charge >= 0.3 is 0 Å². The molecule has 0 aliphatic carbocycles. The van der Waals surface area contributed by atoms with Gasteiger partial charge in [-0.15, -0.1) is 0 Å². The van der Waals surface area contributed by atoms with Crippen molar-refractivity contribution in [2.45, 2.75) is 34.6 Å². The van der Waals surface area contributed by atoms with Gasteiger partial charge in [0, 0.05) is 6.20 Å². The topological polar surface area (TPSA) is 12.9 Å². The van der Waals surface area contributed by atoms with E-state index < -0.39 is 0 Å². The average Bonchev–Trinajstić information content (AvgIpc) is 2.18. The van der Waals surface area contributed by atoms with Crippen molar-refractivity contribution in [1.82, 2.24) is 4.98 Å². The summed E-state index contributed by atoms with van der Waals surface area (Å²) < 4.78 is 0. The van der Waals surface area contributed by atoms with Crippen LogP contribution in [0.1, 0.15) is 33.3 Å². The Morgan fingerprint density at radius 3 is 1.85 bits per heavy atom. The quantitative estimate of drug-likeness (QED) is 0.577. The van der Waals surface area contributed by atoms with Crippen molar-refractivity contribution in [2.75, 3.05) is 0 Å². The van der Waals surface area contributed by atoms with E-state index in [1.807, 2.05) is 34.6 Å². The zero-order chi connectivity index (χ0) is 10.9. The van der Waals surface area contributed by atoms with E-state index in [9.17, 15) is 0 Å². The largest absolute Gasteiger partial charge is 0.243 e. The van der Waals surface area contributed by atoms with Crippen LogP contribution in [0.15, 0.2) is 12.3 Å². The van der Waals surface area contributed by atoms with E-state index in [4.69, 9.17) is 23.2 Å². The second kappa shape index (κ2) is 9.82. The molecule has 0 unspecified atom stereocenters. The molecule has 76 valence electrons. The summed E-state index contributed by atoms with van der Waals surface area (Å²) in [6.45, 7) is 9.91. The minimum Gasteiger partial charge on any atom is -0.243 e. The molecule has 0 atom stereocenters. The highest BCUT2D eigenvalue weighted by atomic mass is 35.5. The van der Waals surface area contributed by atoms with Crippen molar-refractivity contribution in [3.05, 3.63) is 28.0 Å². The Labute approximate surface area is 91.1 Å². The van der Waals surface area contributed by atoms with E-state index in [0.29, 0.717) is 10.2 Å². The molecule has 3 heteroatoms. The summed E-state index contributed by atoms with van der Waals surface area (Å²) in [6.07, 6.45) is 1.67. The SMILES string of the molecule is CC.CC.Cc1cnc(Cl)c(Cl)c1. The molecule has 1 heterocycles. The van der Waals surface area contributed by atoms with Crippen LogP contribution in [0.4, 0.5) is 0 Å². The van der Waals surface area contributed by atoms with E-state index >= 15 is 0 Å². The fourth-order valence-electron chi connectivity index (χ4n) is 0.517. The van der Waals surface area contributed by atoms with Crippen LogP contribution >= 0.6 is 23.2 Å². The van der Waals surface area contributed by atoms with Crippen molar-refractivity contribution in [2.24, 2.45) is 0 Å². The third kappa shape index (κ3) is 6.85. The number of aryl methyl sites for hydroxylation is 1. The van der Waals surface area contributed by atoms with Gasteiger partial charge in [0.25, 0.3) is 0 Å². The molecule has 0 spiro atoms. The summed E-state index contributed by atoms with van der Waals surface area (Å²) in [5, 5.41) is 0.874. The predicted octanol–water partition coefficient (Wildman–Crippen LogP) is 4.75. The molecule has 0 saturated heterocycles. The first-order valence-electron chi connectivity index (χ1n) is 4.48. The lowest BCUT2D eigenvalue weighted by Crippen LogP contribution is -1.77. The number of nitrogens with zero attached hydrogens (tertiary/aromatic N) is 1. The summed E-state index contributed by atoms with van der Waals surface area (Å²) in [5.74, 6) is 0. The van der Waals surface area contributed by atoms with Gasteiger partial charge in [0.15, 0.2) is 0 Å². The molecule has 0 bridgehead atoms. The Morgan fingerprint density at radius 1 is 1.08 bits per heavy atom. The Bertz CT molecular complexity index is 224. The molecule has 1 rings (SSSR count). The Hall–Kier alpha value is -0.270. The fourth-order valence-corrected chi connectivity index (χ4v) is 0.841. The highest BCUT2D eigenvalue weighted by molar-refractivity contribution is 6.41.